The van der Waals surface area contributed by atoms with Crippen LogP contribution in [0, 0.1) is 0 Å². The molecule has 0 saturated carbocycles. The van der Waals surface area contributed by atoms with Crippen LogP contribution in [-0.2, 0) is 43.2 Å². The zero-order chi connectivity index (χ0) is 46.6. The molecule has 9 amide bonds. The largest absolute Gasteiger partial charge is 0.353 e. The van der Waals surface area contributed by atoms with Crippen molar-refractivity contribution in [2.24, 2.45) is 0 Å². The second-order valence-electron chi connectivity index (χ2n) is 15.6. The first kappa shape index (κ1) is 52.7. The minimum Gasteiger partial charge on any atom is -0.353 e. The Morgan fingerprint density at radius 3 is 1.24 bits per heavy atom. The van der Waals surface area contributed by atoms with Crippen LogP contribution in [0.1, 0.15) is 0 Å². The van der Waals surface area contributed by atoms with Gasteiger partial charge in [0.2, 0.25) is 53.2 Å². The van der Waals surface area contributed by atoms with Crippen LogP contribution in [0.15, 0.2) is 0 Å². The summed E-state index contributed by atoms with van der Waals surface area (Å²) in [4.78, 5) is 122. The monoisotopic (exact) mass is 875 g/mol. The second kappa shape index (κ2) is 26.9. The lowest BCUT2D eigenvalue weighted by Gasteiger charge is -2.31. The van der Waals surface area contributed by atoms with E-state index < -0.39 is 79.2 Å². The molecular formula is C36H61B5N13O9+3. The van der Waals surface area contributed by atoms with E-state index in [1.807, 2.05) is 16.0 Å². The van der Waals surface area contributed by atoms with Crippen LogP contribution in [0.5, 0.6) is 0 Å². The average molecular weight is 874 g/mol. The summed E-state index contributed by atoms with van der Waals surface area (Å²) >= 11 is 0. The fourth-order valence-corrected chi connectivity index (χ4v) is 8.16. The summed E-state index contributed by atoms with van der Waals surface area (Å²) in [5.41, 5.74) is 0. The predicted molar refractivity (Wildman–Crippen MR) is 231 cm³/mol. The Kier molecular flexibility index (Phi) is 22.5. The molecule has 6 atom stereocenters. The first-order valence-electron chi connectivity index (χ1n) is 21.3. The first-order chi connectivity index (χ1) is 30.1. The number of carbonyl (C=O) groups is 9. The third-order valence-corrected chi connectivity index (χ3v) is 11.6. The molecule has 336 valence electrons. The number of nitrogens with two attached hydrogens (primary N) is 3. The lowest BCUT2D eigenvalue weighted by atomic mass is 10.0. The van der Waals surface area contributed by atoms with Gasteiger partial charge < -0.3 is 67.0 Å². The molecule has 11 N–H and O–H groups in total. The van der Waals surface area contributed by atoms with E-state index in [2.05, 4.69) is 26.6 Å². The van der Waals surface area contributed by atoms with E-state index in [9.17, 15) is 43.2 Å². The number of quaternary nitrogens is 3. The van der Waals surface area contributed by atoms with E-state index in [0.717, 1.165) is 6.54 Å². The van der Waals surface area contributed by atoms with Gasteiger partial charge in [0, 0.05) is 33.2 Å². The maximum Gasteiger partial charge on any atom is 0.240 e. The molecule has 0 bridgehead atoms. The summed E-state index contributed by atoms with van der Waals surface area (Å²) in [5, 5.41) is 20.1. The number of rotatable bonds is 25. The molecular weight excluding hydrogens is 813 g/mol. The van der Waals surface area contributed by atoms with Crippen LogP contribution in [0.2, 0.25) is 31.6 Å². The molecule has 10 radical (unpaired) electrons. The van der Waals surface area contributed by atoms with Crippen molar-refractivity contribution in [2.45, 2.75) is 67.9 Å². The quantitative estimate of drug-likeness (QED) is 0.0401. The minimum atomic E-state index is -0.664. The van der Waals surface area contributed by atoms with E-state index in [4.69, 9.17) is 39.2 Å². The van der Waals surface area contributed by atoms with Crippen molar-refractivity contribution in [3.05, 3.63) is 0 Å². The van der Waals surface area contributed by atoms with Gasteiger partial charge in [-0.1, -0.05) is 0 Å². The highest BCUT2D eigenvalue weighted by Gasteiger charge is 2.40. The maximum atomic E-state index is 13.3. The highest BCUT2D eigenvalue weighted by molar-refractivity contribution is 6.21. The molecule has 3 aliphatic heterocycles. The third-order valence-electron chi connectivity index (χ3n) is 11.6. The Bertz CT molecular complexity index is 1620. The molecule has 0 aromatic rings. The van der Waals surface area contributed by atoms with Crippen molar-refractivity contribution in [1.29, 1.82) is 0 Å². The molecule has 0 aromatic heterocycles. The molecule has 0 spiro atoms. The summed E-state index contributed by atoms with van der Waals surface area (Å²) in [6.45, 7) is 1.39. The van der Waals surface area contributed by atoms with E-state index >= 15 is 0 Å². The Hall–Kier alpha value is -4.61. The van der Waals surface area contributed by atoms with Gasteiger partial charge in [0.05, 0.1) is 97.6 Å². The number of hydrogen-bond acceptors (Lipinski definition) is 10. The highest BCUT2D eigenvalue weighted by atomic mass is 16.2. The lowest BCUT2D eigenvalue weighted by Crippen LogP contribution is -2.82. The fourth-order valence-electron chi connectivity index (χ4n) is 8.16. The minimum absolute atomic E-state index is 0.0239. The molecule has 0 aliphatic carbocycles. The summed E-state index contributed by atoms with van der Waals surface area (Å²) in [5.74, 6) is -4.40. The van der Waals surface area contributed by atoms with E-state index in [-0.39, 0.29) is 94.2 Å². The lowest BCUT2D eigenvalue weighted by molar-refractivity contribution is -0.638. The number of carbonyl (C=O) groups excluding carboxylic acids is 9. The Balaban J connectivity index is 1.54. The van der Waals surface area contributed by atoms with Crippen molar-refractivity contribution in [3.8, 4) is 0 Å². The zero-order valence-electron chi connectivity index (χ0n) is 36.4. The van der Waals surface area contributed by atoms with Crippen LogP contribution in [0.25, 0.3) is 0 Å². The van der Waals surface area contributed by atoms with Crippen LogP contribution in [-0.4, -0.2) is 259 Å². The van der Waals surface area contributed by atoms with E-state index in [1.54, 1.807) is 14.1 Å². The van der Waals surface area contributed by atoms with Crippen LogP contribution >= 0.6 is 0 Å². The van der Waals surface area contributed by atoms with Crippen molar-refractivity contribution in [3.63, 3.8) is 0 Å². The Labute approximate surface area is 375 Å². The van der Waals surface area contributed by atoms with Gasteiger partial charge in [-0.3, -0.25) is 43.2 Å². The number of hydrogen-bond donors (Lipinski definition) is 8. The topological polar surface area (TPSA) is 280 Å². The maximum absolute atomic E-state index is 13.3. The van der Waals surface area contributed by atoms with Gasteiger partial charge in [-0.25, -0.2) is 0 Å². The van der Waals surface area contributed by atoms with Gasteiger partial charge in [0.15, 0.2) is 0 Å². The number of nitrogens with zero attached hydrogens (tertiary/aromatic N) is 5. The van der Waals surface area contributed by atoms with Crippen LogP contribution in [0.3, 0.4) is 0 Å². The van der Waals surface area contributed by atoms with Crippen molar-refractivity contribution in [2.75, 3.05) is 106 Å². The molecule has 3 fully saturated rings. The standard InChI is InChI=1S/C36H58B5N13O9/c1-42-22-12-43-16-26(22)53(35(62)10-40)20-28(55)46-3-6-52(34(61)9-39)19-31(58)49-24-14-45-17-27(24)54(36(63)11-41)21-29(56)47-4-5-51(33(60)8-38)18-30(57)48-23-13-44-15-25(23)50(2)32(59)7-37/h22-27,42-45H,3-21H2,1-2H3,(H,46,55)(H,47,56)(H,48,57)(H,49,58)/p+3/t22-,23-,24-,25-,26-,27-/m0/s1. The number of amides is 9. The molecule has 3 aliphatic rings. The molecule has 0 unspecified atom stereocenters. The fraction of sp³-hybridized carbons (Fsp3) is 0.750. The Morgan fingerprint density at radius 1 is 0.476 bits per heavy atom. The summed E-state index contributed by atoms with van der Waals surface area (Å²) in [6.07, 6.45) is -1.65. The molecule has 3 saturated heterocycles. The predicted octanol–water partition coefficient (Wildman–Crippen LogP) is -11.7. The molecule has 63 heavy (non-hydrogen) atoms. The first-order valence-corrected chi connectivity index (χ1v) is 21.3. The number of nitrogens with one attached hydrogen (secondary N) is 5. The van der Waals surface area contributed by atoms with Gasteiger partial charge in [-0.15, -0.1) is 0 Å². The second-order valence-corrected chi connectivity index (χ2v) is 15.6. The summed E-state index contributed by atoms with van der Waals surface area (Å²) < 4.78 is 0. The summed E-state index contributed by atoms with van der Waals surface area (Å²) in [6, 6.07) is -2.24. The van der Waals surface area contributed by atoms with Gasteiger partial charge in [-0.05, 0) is 38.6 Å². The van der Waals surface area contributed by atoms with Crippen LogP contribution in [0.4, 0.5) is 0 Å². The highest BCUT2D eigenvalue weighted by Crippen LogP contribution is 2.11. The molecule has 0 aromatic carbocycles. The van der Waals surface area contributed by atoms with Gasteiger partial charge in [0.25, 0.3) is 0 Å². The average Bonchev–Trinajstić information content (AvgIpc) is 4.06. The van der Waals surface area contributed by atoms with Gasteiger partial charge in [-0.2, -0.15) is 0 Å². The van der Waals surface area contributed by atoms with E-state index in [1.165, 1.54) is 24.5 Å². The van der Waals surface area contributed by atoms with Crippen molar-refractivity contribution >= 4 is 92.4 Å². The normalized spacial score (nSPS) is 21.4. The smallest absolute Gasteiger partial charge is 0.240 e. The zero-order valence-corrected chi connectivity index (χ0v) is 36.4. The van der Waals surface area contributed by atoms with Gasteiger partial charge in [0.1, 0.15) is 43.3 Å². The van der Waals surface area contributed by atoms with Crippen LogP contribution < -0.4 is 42.5 Å². The molecule has 3 rings (SSSR count). The number of likely N-dealkylation sites (N-methyl/N-ethyl adjacent to an activating group) is 2. The third kappa shape index (κ3) is 15.9. The molecule has 22 nitrogen and oxygen atoms in total. The molecule has 27 heteroatoms. The van der Waals surface area contributed by atoms with Gasteiger partial charge >= 0.3 is 0 Å². The SMILES string of the molecule is [B]CC(=O)N(CCNC(=O)CN(C(=O)C[B])[C@H]1C[NH2+]C[C@@H]1NC(=O)CN(CCNC(=O)CN(C(=O)C[B])[C@H]1C[NH2+]C[C@@H]1NC)C(=O)C[B])CC(=O)N[C@H]1C[NH2+]C[C@@H]1N(C)C(=O)C[B]. The summed E-state index contributed by atoms with van der Waals surface area (Å²) in [7, 11) is 31.5. The molecule has 3 heterocycles. The van der Waals surface area contributed by atoms with Crippen molar-refractivity contribution in [1.82, 2.24) is 51.1 Å². The van der Waals surface area contributed by atoms with Crippen molar-refractivity contribution < 1.29 is 59.1 Å². The van der Waals surface area contributed by atoms with E-state index in [0.29, 0.717) is 32.7 Å². The Morgan fingerprint density at radius 2 is 0.841 bits per heavy atom.